The van der Waals surface area contributed by atoms with Crippen LogP contribution in [0.5, 0.6) is 11.5 Å². The van der Waals surface area contributed by atoms with Crippen LogP contribution in [0.3, 0.4) is 0 Å². The van der Waals surface area contributed by atoms with Gasteiger partial charge in [0.15, 0.2) is 11.5 Å². The van der Waals surface area contributed by atoms with E-state index in [0.29, 0.717) is 39.9 Å². The highest BCUT2D eigenvalue weighted by atomic mass is 35.5. The highest BCUT2D eigenvalue weighted by Gasteiger charge is 2.07. The van der Waals surface area contributed by atoms with Gasteiger partial charge in [-0.2, -0.15) is 5.10 Å². The molecule has 0 saturated carbocycles. The first-order chi connectivity index (χ1) is 16.1. The third-order valence-electron chi connectivity index (χ3n) is 4.59. The summed E-state index contributed by atoms with van der Waals surface area (Å²) in [6.07, 6.45) is 1.72. The molecule has 33 heavy (non-hydrogen) atoms. The van der Waals surface area contributed by atoms with Crippen molar-refractivity contribution in [3.63, 3.8) is 0 Å². The second-order valence-electron chi connectivity index (χ2n) is 6.97. The van der Waals surface area contributed by atoms with Crippen molar-refractivity contribution in [3.8, 4) is 22.8 Å². The molecule has 0 aliphatic rings. The number of benzene rings is 3. The maximum atomic E-state index is 5.95. The fourth-order valence-electron chi connectivity index (χ4n) is 2.97. The summed E-state index contributed by atoms with van der Waals surface area (Å²) >= 11 is 13.4. The Morgan fingerprint density at radius 1 is 0.939 bits per heavy atom. The van der Waals surface area contributed by atoms with Crippen molar-refractivity contribution in [1.29, 1.82) is 0 Å². The largest absolute Gasteiger partial charge is 0.490 e. The zero-order valence-corrected chi connectivity index (χ0v) is 20.1. The van der Waals surface area contributed by atoms with Gasteiger partial charge in [0.1, 0.15) is 6.61 Å². The lowest BCUT2D eigenvalue weighted by Gasteiger charge is -2.12. The predicted octanol–water partition coefficient (Wildman–Crippen LogP) is 7.54. The first kappa shape index (κ1) is 23.1. The average molecular weight is 498 g/mol. The van der Waals surface area contributed by atoms with Gasteiger partial charge in [-0.15, -0.1) is 11.3 Å². The van der Waals surface area contributed by atoms with Crippen molar-refractivity contribution >= 4 is 45.9 Å². The van der Waals surface area contributed by atoms with E-state index < -0.39 is 0 Å². The molecule has 1 aromatic heterocycles. The van der Waals surface area contributed by atoms with Crippen LogP contribution in [-0.2, 0) is 6.61 Å². The molecular formula is C25H21Cl2N3O2S. The summed E-state index contributed by atoms with van der Waals surface area (Å²) in [5.41, 5.74) is 6.75. The molecular weight excluding hydrogens is 477 g/mol. The SMILES string of the molecule is CCOc1cc(/C=N\Nc2nc(-c3ccc(Cl)cc3)cs2)ccc1OCc1ccc(Cl)cc1. The lowest BCUT2D eigenvalue weighted by molar-refractivity contribution is 0.269. The van der Waals surface area contributed by atoms with Crippen LogP contribution in [0.4, 0.5) is 5.13 Å². The zero-order chi connectivity index (χ0) is 23.0. The topological polar surface area (TPSA) is 55.7 Å². The van der Waals surface area contributed by atoms with Crippen LogP contribution in [0.15, 0.2) is 77.2 Å². The van der Waals surface area contributed by atoms with E-state index in [4.69, 9.17) is 32.7 Å². The molecule has 0 spiro atoms. The van der Waals surface area contributed by atoms with E-state index in [1.54, 1.807) is 6.21 Å². The van der Waals surface area contributed by atoms with Crippen LogP contribution in [0.2, 0.25) is 10.0 Å². The second kappa shape index (κ2) is 11.2. The molecule has 0 amide bonds. The average Bonchev–Trinajstić information content (AvgIpc) is 3.29. The van der Waals surface area contributed by atoms with Gasteiger partial charge in [-0.25, -0.2) is 4.98 Å². The van der Waals surface area contributed by atoms with Crippen molar-refractivity contribution in [2.24, 2.45) is 5.10 Å². The highest BCUT2D eigenvalue weighted by Crippen LogP contribution is 2.29. The molecule has 0 atom stereocenters. The third-order valence-corrected chi connectivity index (χ3v) is 5.84. The van der Waals surface area contributed by atoms with Crippen molar-refractivity contribution in [2.75, 3.05) is 12.0 Å². The van der Waals surface area contributed by atoms with Crippen molar-refractivity contribution in [1.82, 2.24) is 4.98 Å². The van der Waals surface area contributed by atoms with Crippen LogP contribution in [0.25, 0.3) is 11.3 Å². The van der Waals surface area contributed by atoms with Gasteiger partial charge >= 0.3 is 0 Å². The summed E-state index contributed by atoms with van der Waals surface area (Å²) < 4.78 is 11.7. The van der Waals surface area contributed by atoms with Gasteiger partial charge in [0.25, 0.3) is 0 Å². The number of aromatic nitrogens is 1. The molecule has 0 unspecified atom stereocenters. The summed E-state index contributed by atoms with van der Waals surface area (Å²) in [4.78, 5) is 4.56. The molecule has 1 heterocycles. The maximum absolute atomic E-state index is 5.95. The Labute approximate surface area is 206 Å². The molecule has 168 valence electrons. The number of hydrazone groups is 1. The fourth-order valence-corrected chi connectivity index (χ4v) is 3.90. The molecule has 8 heteroatoms. The van der Waals surface area contributed by atoms with Crippen LogP contribution in [-0.4, -0.2) is 17.8 Å². The molecule has 0 bridgehead atoms. The molecule has 0 radical (unpaired) electrons. The first-order valence-corrected chi connectivity index (χ1v) is 11.9. The van der Waals surface area contributed by atoms with Crippen molar-refractivity contribution in [2.45, 2.75) is 13.5 Å². The summed E-state index contributed by atoms with van der Waals surface area (Å²) in [7, 11) is 0. The van der Waals surface area contributed by atoms with Gasteiger partial charge in [0.05, 0.1) is 18.5 Å². The quantitative estimate of drug-likeness (QED) is 0.191. The van der Waals surface area contributed by atoms with Crippen molar-refractivity contribution < 1.29 is 9.47 Å². The van der Waals surface area contributed by atoms with E-state index in [1.807, 2.05) is 79.0 Å². The summed E-state index contributed by atoms with van der Waals surface area (Å²) in [6, 6.07) is 20.8. The van der Waals surface area contributed by atoms with Crippen LogP contribution < -0.4 is 14.9 Å². The lowest BCUT2D eigenvalue weighted by atomic mass is 10.2. The monoisotopic (exact) mass is 497 g/mol. The Hall–Kier alpha value is -3.06. The Kier molecular flexibility index (Phi) is 7.83. The van der Waals surface area contributed by atoms with Gasteiger partial charge in [-0.3, -0.25) is 5.43 Å². The third kappa shape index (κ3) is 6.48. The van der Waals surface area contributed by atoms with Gasteiger partial charge in [0.2, 0.25) is 5.13 Å². The zero-order valence-electron chi connectivity index (χ0n) is 17.8. The maximum Gasteiger partial charge on any atom is 0.203 e. The predicted molar refractivity (Wildman–Crippen MR) is 137 cm³/mol. The molecule has 3 aromatic carbocycles. The minimum Gasteiger partial charge on any atom is -0.490 e. The molecule has 0 saturated heterocycles. The minimum atomic E-state index is 0.423. The van der Waals surface area contributed by atoms with Crippen LogP contribution in [0.1, 0.15) is 18.1 Å². The van der Waals surface area contributed by atoms with Gasteiger partial charge in [-0.05, 0) is 60.5 Å². The smallest absolute Gasteiger partial charge is 0.203 e. The number of hydrogen-bond donors (Lipinski definition) is 1. The Morgan fingerprint density at radius 2 is 1.67 bits per heavy atom. The van der Waals surface area contributed by atoms with E-state index in [2.05, 4.69) is 15.5 Å². The van der Waals surface area contributed by atoms with E-state index in [0.717, 1.165) is 22.4 Å². The number of hydrogen-bond acceptors (Lipinski definition) is 6. The van der Waals surface area contributed by atoms with E-state index in [-0.39, 0.29) is 0 Å². The lowest BCUT2D eigenvalue weighted by Crippen LogP contribution is -2.00. The van der Waals surface area contributed by atoms with Gasteiger partial charge < -0.3 is 9.47 Å². The molecule has 4 rings (SSSR count). The molecule has 4 aromatic rings. The number of ether oxygens (including phenoxy) is 2. The summed E-state index contributed by atoms with van der Waals surface area (Å²) in [6.45, 7) is 2.89. The normalized spacial score (nSPS) is 11.0. The highest BCUT2D eigenvalue weighted by molar-refractivity contribution is 7.14. The minimum absolute atomic E-state index is 0.423. The standard InChI is InChI=1S/C25H21Cl2N3O2S/c1-2-31-24-13-18(5-12-23(24)32-15-17-3-8-20(26)9-4-17)14-28-30-25-29-22(16-33-25)19-6-10-21(27)11-7-19/h3-14,16H,2,15H2,1H3,(H,29,30)/b28-14-. The molecule has 0 fully saturated rings. The summed E-state index contributed by atoms with van der Waals surface area (Å²) in [5, 5.41) is 8.38. The van der Waals surface area contributed by atoms with Crippen LogP contribution in [0, 0.1) is 0 Å². The number of halogens is 2. The van der Waals surface area contributed by atoms with Gasteiger partial charge in [-0.1, -0.05) is 47.5 Å². The molecule has 0 aliphatic carbocycles. The Balaban J connectivity index is 1.39. The molecule has 5 nitrogen and oxygen atoms in total. The van der Waals surface area contributed by atoms with E-state index in [1.165, 1.54) is 11.3 Å². The molecule has 0 aliphatic heterocycles. The Morgan fingerprint density at radius 3 is 2.39 bits per heavy atom. The number of nitrogens with one attached hydrogen (secondary N) is 1. The summed E-state index contributed by atoms with van der Waals surface area (Å²) in [5.74, 6) is 1.33. The number of nitrogens with zero attached hydrogens (tertiary/aromatic N) is 2. The second-order valence-corrected chi connectivity index (χ2v) is 8.70. The number of thiazole rings is 1. The van der Waals surface area contributed by atoms with Crippen molar-refractivity contribution in [3.05, 3.63) is 93.3 Å². The number of rotatable bonds is 9. The first-order valence-electron chi connectivity index (χ1n) is 10.3. The van der Waals surface area contributed by atoms with E-state index >= 15 is 0 Å². The fraction of sp³-hybridized carbons (Fsp3) is 0.120. The van der Waals surface area contributed by atoms with E-state index in [9.17, 15) is 0 Å². The Bertz CT molecular complexity index is 1230. The number of anilines is 1. The van der Waals surface area contributed by atoms with Crippen LogP contribution >= 0.6 is 34.5 Å². The van der Waals surface area contributed by atoms with Gasteiger partial charge in [0, 0.05) is 21.0 Å². The molecule has 1 N–H and O–H groups in total.